The first-order valence-corrected chi connectivity index (χ1v) is 8.84. The van der Waals surface area contributed by atoms with Crippen LogP contribution in [0.3, 0.4) is 0 Å². The van der Waals surface area contributed by atoms with Crippen molar-refractivity contribution in [3.8, 4) is 0 Å². The number of rotatable bonds is 15. The van der Waals surface area contributed by atoms with Gasteiger partial charge in [0, 0.05) is 28.1 Å². The molecule has 0 aromatic heterocycles. The zero-order valence-corrected chi connectivity index (χ0v) is 15.9. The summed E-state index contributed by atoms with van der Waals surface area (Å²) in [6.45, 7) is 4.61. The van der Waals surface area contributed by atoms with E-state index < -0.39 is 5.97 Å². The van der Waals surface area contributed by atoms with Crippen molar-refractivity contribution in [3.05, 3.63) is 0 Å². The molecule has 0 aliphatic rings. The van der Waals surface area contributed by atoms with Crippen LogP contribution in [0.25, 0.3) is 0 Å². The molecule has 0 rings (SSSR count). The molecule has 0 heterocycles. The summed E-state index contributed by atoms with van der Waals surface area (Å²) < 4.78 is 0. The molecule has 0 saturated carbocycles. The van der Waals surface area contributed by atoms with E-state index in [1.165, 1.54) is 70.6 Å². The number of aliphatic carboxylic acids is 1. The Morgan fingerprint density at radius 1 is 0.714 bits per heavy atom. The van der Waals surface area contributed by atoms with Crippen molar-refractivity contribution >= 4 is 5.97 Å². The molecule has 21 heavy (non-hydrogen) atoms. The van der Waals surface area contributed by atoms with Crippen molar-refractivity contribution in [2.75, 3.05) is 0 Å². The Hall–Kier alpha value is 0.184. The molecule has 0 aliphatic heterocycles. The van der Waals surface area contributed by atoms with Gasteiger partial charge in [-0.1, -0.05) is 90.9 Å². The number of hydrogen-bond donors (Lipinski definition) is 1. The number of carbonyl (C=O) groups is 1. The van der Waals surface area contributed by atoms with E-state index in [9.17, 15) is 4.79 Å². The quantitative estimate of drug-likeness (QED) is 0.287. The molecule has 0 atom stereocenters. The van der Waals surface area contributed by atoms with E-state index >= 15 is 0 Å². The van der Waals surface area contributed by atoms with Crippen LogP contribution in [-0.2, 0) is 26.5 Å². The van der Waals surface area contributed by atoms with Gasteiger partial charge in [-0.25, -0.2) is 0 Å². The maximum absolute atomic E-state index is 10.3. The summed E-state index contributed by atoms with van der Waals surface area (Å²) in [7, 11) is 0. The van der Waals surface area contributed by atoms with E-state index in [1.54, 1.807) is 0 Å². The molecule has 124 valence electrons. The molecule has 0 aromatic rings. The van der Waals surface area contributed by atoms with E-state index in [0.717, 1.165) is 18.8 Å². The van der Waals surface area contributed by atoms with E-state index in [1.807, 2.05) is 0 Å². The molecule has 0 radical (unpaired) electrons. The van der Waals surface area contributed by atoms with Crippen molar-refractivity contribution in [1.82, 2.24) is 0 Å². The standard InChI is InChI=1S/C18H36O2.Ti/c1-17(2)15-13-11-9-7-5-3-4-6-8-10-12-14-16-18(19)20;/h17H,3-16H2,1-2H3,(H,19,20);. The normalized spacial score (nSPS) is 10.6. The fourth-order valence-corrected chi connectivity index (χ4v) is 2.60. The maximum atomic E-state index is 10.3. The zero-order chi connectivity index (χ0) is 15.1. The molecule has 0 bridgehead atoms. The molecular formula is C18H36O2Ti. The van der Waals surface area contributed by atoms with Crippen LogP contribution >= 0.6 is 0 Å². The summed E-state index contributed by atoms with van der Waals surface area (Å²) in [6, 6.07) is 0. The zero-order valence-electron chi connectivity index (χ0n) is 14.3. The van der Waals surface area contributed by atoms with Gasteiger partial charge in [0.1, 0.15) is 0 Å². The Labute approximate surface area is 147 Å². The Balaban J connectivity index is 0. The fraction of sp³-hybridized carbons (Fsp3) is 0.944. The van der Waals surface area contributed by atoms with Crippen molar-refractivity contribution in [3.63, 3.8) is 0 Å². The second-order valence-electron chi connectivity index (χ2n) is 6.57. The van der Waals surface area contributed by atoms with Crippen LogP contribution in [0.2, 0.25) is 0 Å². The predicted octanol–water partition coefficient (Wildman–Crippen LogP) is 6.19. The molecule has 0 aliphatic carbocycles. The fourth-order valence-electron chi connectivity index (χ4n) is 2.60. The first kappa shape index (κ1) is 23.5. The van der Waals surface area contributed by atoms with Gasteiger partial charge in [0.25, 0.3) is 0 Å². The van der Waals surface area contributed by atoms with Gasteiger partial charge in [-0.15, -0.1) is 0 Å². The molecule has 2 nitrogen and oxygen atoms in total. The number of unbranched alkanes of at least 4 members (excludes halogenated alkanes) is 11. The molecular weight excluding hydrogens is 296 g/mol. The van der Waals surface area contributed by atoms with Gasteiger partial charge in [-0.3, -0.25) is 4.79 Å². The average Bonchev–Trinajstić information content (AvgIpc) is 2.38. The molecule has 0 saturated heterocycles. The second-order valence-corrected chi connectivity index (χ2v) is 6.57. The molecule has 0 aromatic carbocycles. The van der Waals surface area contributed by atoms with Crippen molar-refractivity contribution in [1.29, 1.82) is 0 Å². The van der Waals surface area contributed by atoms with Gasteiger partial charge in [-0.05, 0) is 12.3 Å². The third-order valence-corrected chi connectivity index (χ3v) is 3.92. The van der Waals surface area contributed by atoms with Crippen LogP contribution in [0.4, 0.5) is 0 Å². The summed E-state index contributed by atoms with van der Waals surface area (Å²) in [5, 5.41) is 8.52. The van der Waals surface area contributed by atoms with Crippen molar-refractivity contribution in [2.45, 2.75) is 104 Å². The first-order chi connectivity index (χ1) is 9.63. The Morgan fingerprint density at radius 3 is 1.38 bits per heavy atom. The minimum absolute atomic E-state index is 0. The van der Waals surface area contributed by atoms with Crippen molar-refractivity contribution in [2.24, 2.45) is 5.92 Å². The van der Waals surface area contributed by atoms with Gasteiger partial charge < -0.3 is 5.11 Å². The second kappa shape index (κ2) is 18.2. The number of carboxylic acid groups (broad SMARTS) is 1. The van der Waals surface area contributed by atoms with Crippen molar-refractivity contribution < 1.29 is 31.6 Å². The summed E-state index contributed by atoms with van der Waals surface area (Å²) in [4.78, 5) is 10.3. The first-order valence-electron chi connectivity index (χ1n) is 8.84. The molecule has 0 unspecified atom stereocenters. The average molecular weight is 332 g/mol. The number of hydrogen-bond acceptors (Lipinski definition) is 1. The monoisotopic (exact) mass is 332 g/mol. The van der Waals surface area contributed by atoms with Crippen LogP contribution in [0, 0.1) is 5.92 Å². The van der Waals surface area contributed by atoms with E-state index in [-0.39, 0.29) is 21.7 Å². The van der Waals surface area contributed by atoms with E-state index in [0.29, 0.717) is 6.42 Å². The minimum atomic E-state index is -0.654. The SMILES string of the molecule is CC(C)CCCCCCCCCCCCCCC(=O)O.[Ti]. The van der Waals surface area contributed by atoms with Gasteiger partial charge >= 0.3 is 5.97 Å². The van der Waals surface area contributed by atoms with E-state index in [4.69, 9.17) is 5.11 Å². The van der Waals surface area contributed by atoms with Gasteiger partial charge in [0.05, 0.1) is 0 Å². The Bertz CT molecular complexity index is 217. The summed E-state index contributed by atoms with van der Waals surface area (Å²) in [6.07, 6.45) is 17.3. The molecule has 1 N–H and O–H groups in total. The topological polar surface area (TPSA) is 37.3 Å². The predicted molar refractivity (Wildman–Crippen MR) is 87.1 cm³/mol. The third-order valence-electron chi connectivity index (χ3n) is 3.92. The van der Waals surface area contributed by atoms with Crippen LogP contribution in [0.15, 0.2) is 0 Å². The molecule has 3 heteroatoms. The Kier molecular flexibility index (Phi) is 20.4. The summed E-state index contributed by atoms with van der Waals surface area (Å²) in [5.74, 6) is 0.212. The largest absolute Gasteiger partial charge is 0.481 e. The summed E-state index contributed by atoms with van der Waals surface area (Å²) in [5.41, 5.74) is 0. The Morgan fingerprint density at radius 2 is 1.05 bits per heavy atom. The van der Waals surface area contributed by atoms with Crippen LogP contribution in [0.5, 0.6) is 0 Å². The van der Waals surface area contributed by atoms with Crippen LogP contribution in [0.1, 0.15) is 104 Å². The van der Waals surface area contributed by atoms with Gasteiger partial charge in [0.2, 0.25) is 0 Å². The van der Waals surface area contributed by atoms with Crippen LogP contribution < -0.4 is 0 Å². The molecule has 0 spiro atoms. The van der Waals surface area contributed by atoms with Crippen LogP contribution in [-0.4, -0.2) is 11.1 Å². The minimum Gasteiger partial charge on any atom is -0.481 e. The summed E-state index contributed by atoms with van der Waals surface area (Å²) >= 11 is 0. The molecule has 0 fully saturated rings. The van der Waals surface area contributed by atoms with E-state index in [2.05, 4.69) is 13.8 Å². The van der Waals surface area contributed by atoms with Gasteiger partial charge in [0.15, 0.2) is 0 Å². The smallest absolute Gasteiger partial charge is 0.303 e. The third kappa shape index (κ3) is 22.6. The maximum Gasteiger partial charge on any atom is 0.303 e. The molecule has 0 amide bonds. The number of carboxylic acids is 1. The van der Waals surface area contributed by atoms with Gasteiger partial charge in [-0.2, -0.15) is 0 Å².